The van der Waals surface area contributed by atoms with E-state index in [0.29, 0.717) is 24.5 Å². The number of nitrogens with zero attached hydrogens (tertiary/aromatic N) is 2. The van der Waals surface area contributed by atoms with Gasteiger partial charge in [-0.3, -0.25) is 9.59 Å². The first-order valence-electron chi connectivity index (χ1n) is 11.8. The number of benzene rings is 3. The molecule has 0 aromatic heterocycles. The van der Waals surface area contributed by atoms with Crippen LogP contribution in [0.25, 0.3) is 0 Å². The van der Waals surface area contributed by atoms with Crippen molar-refractivity contribution in [1.82, 2.24) is 10.3 Å². The molecule has 2 heterocycles. The number of carbonyl (C=O) groups is 2. The van der Waals surface area contributed by atoms with Crippen molar-refractivity contribution in [2.45, 2.75) is 31.8 Å². The van der Waals surface area contributed by atoms with Crippen LogP contribution in [0.15, 0.2) is 77.9 Å². The Kier molecular flexibility index (Phi) is 6.84. The van der Waals surface area contributed by atoms with Gasteiger partial charge in [0.2, 0.25) is 18.6 Å². The lowest BCUT2D eigenvalue weighted by Gasteiger charge is -2.22. The Morgan fingerprint density at radius 1 is 1.00 bits per heavy atom. The standard InChI is InChI=1S/C28H27N3O5/c1-34-22-10-8-21(9-11-22)24-16-23(20-5-3-2-4-6-20)30-31(24)28(33)14-13-27(32)29-17-19-7-12-25-26(15-19)36-18-35-25/h2-12,15,24H,13-14,16-18H2,1H3,(H,29,32). The summed E-state index contributed by atoms with van der Waals surface area (Å²) in [5.41, 5.74) is 3.69. The fraction of sp³-hybridized carbons (Fsp3) is 0.250. The Morgan fingerprint density at radius 2 is 1.78 bits per heavy atom. The molecule has 8 nitrogen and oxygen atoms in total. The zero-order valence-electron chi connectivity index (χ0n) is 20.0. The van der Waals surface area contributed by atoms with Gasteiger partial charge in [-0.25, -0.2) is 5.01 Å². The molecule has 3 aromatic carbocycles. The molecule has 0 radical (unpaired) electrons. The SMILES string of the molecule is COc1ccc(C2CC(c3ccccc3)=NN2C(=O)CCC(=O)NCc2ccc3c(c2)OCO3)cc1. The van der Waals surface area contributed by atoms with E-state index < -0.39 is 0 Å². The maximum absolute atomic E-state index is 13.2. The van der Waals surface area contributed by atoms with E-state index in [4.69, 9.17) is 14.2 Å². The molecule has 1 unspecified atom stereocenters. The highest BCUT2D eigenvalue weighted by molar-refractivity contribution is 6.03. The Labute approximate surface area is 209 Å². The lowest BCUT2D eigenvalue weighted by Crippen LogP contribution is -2.29. The fourth-order valence-electron chi connectivity index (χ4n) is 4.31. The predicted molar refractivity (Wildman–Crippen MR) is 134 cm³/mol. The number of amides is 2. The monoisotopic (exact) mass is 485 g/mol. The largest absolute Gasteiger partial charge is 0.497 e. The Morgan fingerprint density at radius 3 is 2.56 bits per heavy atom. The lowest BCUT2D eigenvalue weighted by atomic mass is 9.98. The molecule has 0 saturated carbocycles. The second kappa shape index (κ2) is 10.5. The van der Waals surface area contributed by atoms with Crippen LogP contribution < -0.4 is 19.5 Å². The molecule has 0 saturated heterocycles. The van der Waals surface area contributed by atoms with Crippen LogP contribution in [-0.4, -0.2) is 36.4 Å². The van der Waals surface area contributed by atoms with E-state index in [2.05, 4.69) is 10.4 Å². The first-order chi connectivity index (χ1) is 17.6. The molecule has 2 aliphatic heterocycles. The van der Waals surface area contributed by atoms with Crippen molar-refractivity contribution >= 4 is 17.5 Å². The van der Waals surface area contributed by atoms with Gasteiger partial charge in [0.25, 0.3) is 0 Å². The Balaban J connectivity index is 1.23. The number of hydrogen-bond acceptors (Lipinski definition) is 6. The van der Waals surface area contributed by atoms with Gasteiger partial charge in [-0.15, -0.1) is 0 Å². The number of ether oxygens (including phenoxy) is 3. The van der Waals surface area contributed by atoms with Gasteiger partial charge in [0, 0.05) is 25.8 Å². The molecule has 36 heavy (non-hydrogen) atoms. The fourth-order valence-corrected chi connectivity index (χ4v) is 4.31. The number of hydrogen-bond donors (Lipinski definition) is 1. The molecule has 2 aliphatic rings. The summed E-state index contributed by atoms with van der Waals surface area (Å²) >= 11 is 0. The van der Waals surface area contributed by atoms with E-state index in [1.165, 1.54) is 5.01 Å². The molecule has 0 bridgehead atoms. The smallest absolute Gasteiger partial charge is 0.243 e. The van der Waals surface area contributed by atoms with Crippen molar-refractivity contribution in [2.24, 2.45) is 5.10 Å². The normalized spacial score (nSPS) is 16.0. The van der Waals surface area contributed by atoms with E-state index in [1.54, 1.807) is 7.11 Å². The molecular formula is C28H27N3O5. The third kappa shape index (κ3) is 5.17. The summed E-state index contributed by atoms with van der Waals surface area (Å²) in [6.45, 7) is 0.550. The molecule has 5 rings (SSSR count). The number of hydrazone groups is 1. The summed E-state index contributed by atoms with van der Waals surface area (Å²) < 4.78 is 16.0. The quantitative estimate of drug-likeness (QED) is 0.517. The summed E-state index contributed by atoms with van der Waals surface area (Å²) in [5.74, 6) is 1.72. The maximum atomic E-state index is 13.2. The maximum Gasteiger partial charge on any atom is 0.243 e. The Hall–Kier alpha value is -4.33. The molecule has 1 N–H and O–H groups in total. The van der Waals surface area contributed by atoms with E-state index in [1.807, 2.05) is 72.8 Å². The number of rotatable bonds is 8. The van der Waals surface area contributed by atoms with Crippen LogP contribution in [0, 0.1) is 0 Å². The summed E-state index contributed by atoms with van der Waals surface area (Å²) in [5, 5.41) is 9.07. The van der Waals surface area contributed by atoms with Gasteiger partial charge in [-0.2, -0.15) is 5.10 Å². The van der Waals surface area contributed by atoms with Gasteiger partial charge in [0.15, 0.2) is 11.5 Å². The number of methoxy groups -OCH3 is 1. The molecule has 3 aromatic rings. The van der Waals surface area contributed by atoms with Crippen molar-refractivity contribution in [1.29, 1.82) is 0 Å². The highest BCUT2D eigenvalue weighted by Crippen LogP contribution is 2.34. The van der Waals surface area contributed by atoms with Crippen molar-refractivity contribution < 1.29 is 23.8 Å². The molecule has 0 spiro atoms. The van der Waals surface area contributed by atoms with Crippen LogP contribution in [0.1, 0.15) is 42.0 Å². The van der Waals surface area contributed by atoms with Crippen LogP contribution in [0.5, 0.6) is 17.2 Å². The van der Waals surface area contributed by atoms with E-state index >= 15 is 0 Å². The van der Waals surface area contributed by atoms with Crippen molar-refractivity contribution in [3.05, 3.63) is 89.5 Å². The molecule has 0 fully saturated rings. The minimum atomic E-state index is -0.240. The van der Waals surface area contributed by atoms with Crippen molar-refractivity contribution in [2.75, 3.05) is 13.9 Å². The zero-order chi connectivity index (χ0) is 24.9. The topological polar surface area (TPSA) is 89.5 Å². The molecule has 0 aliphatic carbocycles. The summed E-state index contributed by atoms with van der Waals surface area (Å²) in [6, 6.07) is 22.8. The van der Waals surface area contributed by atoms with Crippen LogP contribution >= 0.6 is 0 Å². The second-order valence-corrected chi connectivity index (χ2v) is 8.61. The third-order valence-electron chi connectivity index (χ3n) is 6.27. The molecule has 8 heteroatoms. The first-order valence-corrected chi connectivity index (χ1v) is 11.8. The molecular weight excluding hydrogens is 458 g/mol. The van der Waals surface area contributed by atoms with Gasteiger partial charge < -0.3 is 19.5 Å². The summed E-state index contributed by atoms with van der Waals surface area (Å²) in [6.07, 6.45) is 0.731. The molecule has 2 amide bonds. The Bertz CT molecular complexity index is 1270. The summed E-state index contributed by atoms with van der Waals surface area (Å²) in [7, 11) is 1.62. The van der Waals surface area contributed by atoms with Gasteiger partial charge in [0.1, 0.15) is 5.75 Å². The second-order valence-electron chi connectivity index (χ2n) is 8.61. The highest BCUT2D eigenvalue weighted by Gasteiger charge is 2.33. The van der Waals surface area contributed by atoms with E-state index in [-0.39, 0.29) is 37.5 Å². The predicted octanol–water partition coefficient (Wildman–Crippen LogP) is 4.20. The zero-order valence-corrected chi connectivity index (χ0v) is 20.0. The average molecular weight is 486 g/mol. The number of fused-ring (bicyclic) bond motifs is 1. The third-order valence-corrected chi connectivity index (χ3v) is 6.27. The van der Waals surface area contributed by atoms with Gasteiger partial charge >= 0.3 is 0 Å². The van der Waals surface area contributed by atoms with E-state index in [9.17, 15) is 9.59 Å². The van der Waals surface area contributed by atoms with Gasteiger partial charge in [-0.05, 0) is 41.0 Å². The van der Waals surface area contributed by atoms with Crippen LogP contribution in [0.3, 0.4) is 0 Å². The highest BCUT2D eigenvalue weighted by atomic mass is 16.7. The summed E-state index contributed by atoms with van der Waals surface area (Å²) in [4.78, 5) is 25.7. The van der Waals surface area contributed by atoms with E-state index in [0.717, 1.165) is 28.2 Å². The van der Waals surface area contributed by atoms with Crippen molar-refractivity contribution in [3.8, 4) is 17.2 Å². The van der Waals surface area contributed by atoms with Crippen LogP contribution in [0.4, 0.5) is 0 Å². The van der Waals surface area contributed by atoms with Crippen LogP contribution in [0.2, 0.25) is 0 Å². The molecule has 184 valence electrons. The van der Waals surface area contributed by atoms with Crippen LogP contribution in [-0.2, 0) is 16.1 Å². The first kappa shape index (κ1) is 23.4. The van der Waals surface area contributed by atoms with Crippen molar-refractivity contribution in [3.63, 3.8) is 0 Å². The van der Waals surface area contributed by atoms with Gasteiger partial charge in [-0.1, -0.05) is 48.5 Å². The number of carbonyl (C=O) groups excluding carboxylic acids is 2. The lowest BCUT2D eigenvalue weighted by molar-refractivity contribution is -0.135. The molecule has 1 atom stereocenters. The number of nitrogens with one attached hydrogen (secondary N) is 1. The minimum absolute atomic E-state index is 0.0607. The van der Waals surface area contributed by atoms with Gasteiger partial charge in [0.05, 0.1) is 18.9 Å². The average Bonchev–Trinajstić information content (AvgIpc) is 3.58. The minimum Gasteiger partial charge on any atom is -0.497 e.